The van der Waals surface area contributed by atoms with E-state index in [1.807, 2.05) is 11.8 Å². The quantitative estimate of drug-likeness (QED) is 0.871. The topological polar surface area (TPSA) is 42.0 Å². The summed E-state index contributed by atoms with van der Waals surface area (Å²) < 4.78 is 0.691. The van der Waals surface area contributed by atoms with Crippen LogP contribution < -0.4 is 5.32 Å². The maximum Gasteiger partial charge on any atom is 0.251 e. The van der Waals surface area contributed by atoms with Gasteiger partial charge >= 0.3 is 0 Å². The van der Waals surface area contributed by atoms with Gasteiger partial charge in [-0.25, -0.2) is 4.98 Å². The molecule has 0 saturated carbocycles. The molecular weight excluding hydrogens is 288 g/mol. The fourth-order valence-corrected chi connectivity index (χ4v) is 3.28. The van der Waals surface area contributed by atoms with Gasteiger partial charge in [-0.1, -0.05) is 0 Å². The summed E-state index contributed by atoms with van der Waals surface area (Å²) in [6.45, 7) is 0.784. The van der Waals surface area contributed by atoms with E-state index in [-0.39, 0.29) is 5.91 Å². The van der Waals surface area contributed by atoms with Crippen molar-refractivity contribution in [2.24, 2.45) is 5.92 Å². The number of carbonyl (C=O) groups excluding carboxylic acids is 1. The van der Waals surface area contributed by atoms with E-state index in [0.29, 0.717) is 16.1 Å². The first kappa shape index (κ1) is 11.9. The van der Waals surface area contributed by atoms with E-state index in [0.717, 1.165) is 6.54 Å². The molecule has 0 aromatic carbocycles. The van der Waals surface area contributed by atoms with Gasteiger partial charge < -0.3 is 5.32 Å². The van der Waals surface area contributed by atoms with E-state index in [2.05, 4.69) is 26.2 Å². The van der Waals surface area contributed by atoms with Crippen molar-refractivity contribution in [1.82, 2.24) is 10.3 Å². The van der Waals surface area contributed by atoms with E-state index >= 15 is 0 Å². The molecule has 0 bridgehead atoms. The molecule has 0 spiro atoms. The van der Waals surface area contributed by atoms with Gasteiger partial charge in [-0.3, -0.25) is 4.79 Å². The van der Waals surface area contributed by atoms with Crippen molar-refractivity contribution >= 4 is 33.6 Å². The number of carbonyl (C=O) groups is 1. The molecule has 1 amide bonds. The van der Waals surface area contributed by atoms with Crippen molar-refractivity contribution in [2.45, 2.75) is 6.42 Å². The van der Waals surface area contributed by atoms with Crippen molar-refractivity contribution in [3.05, 3.63) is 28.5 Å². The summed E-state index contributed by atoms with van der Waals surface area (Å²) in [5.74, 6) is 3.01. The molecule has 1 aliphatic heterocycles. The van der Waals surface area contributed by atoms with Crippen molar-refractivity contribution in [1.29, 1.82) is 0 Å². The number of hydrogen-bond donors (Lipinski definition) is 1. The van der Waals surface area contributed by atoms with Gasteiger partial charge in [0.05, 0.1) is 0 Å². The second-order valence-electron chi connectivity index (χ2n) is 3.81. The van der Waals surface area contributed by atoms with Crippen molar-refractivity contribution in [2.75, 3.05) is 18.1 Å². The molecule has 2 heterocycles. The Morgan fingerprint density at radius 1 is 1.69 bits per heavy atom. The highest BCUT2D eigenvalue weighted by Crippen LogP contribution is 2.22. The molecule has 2 rings (SSSR count). The third-order valence-electron chi connectivity index (χ3n) is 2.56. The molecule has 1 aliphatic rings. The van der Waals surface area contributed by atoms with E-state index in [9.17, 15) is 4.79 Å². The number of nitrogens with one attached hydrogen (secondary N) is 1. The summed E-state index contributed by atoms with van der Waals surface area (Å²) in [6, 6.07) is 3.46. The summed E-state index contributed by atoms with van der Waals surface area (Å²) in [6.07, 6.45) is 2.84. The number of nitrogens with zero attached hydrogens (tertiary/aromatic N) is 1. The third-order valence-corrected chi connectivity index (χ3v) is 4.23. The normalized spacial score (nSPS) is 19.7. The number of halogens is 1. The van der Waals surface area contributed by atoms with E-state index in [4.69, 9.17) is 0 Å². The number of pyridine rings is 1. The molecule has 1 saturated heterocycles. The smallest absolute Gasteiger partial charge is 0.251 e. The van der Waals surface area contributed by atoms with Gasteiger partial charge in [-0.2, -0.15) is 11.8 Å². The molecule has 1 unspecified atom stereocenters. The standard InChI is InChI=1S/C11H13BrN2OS/c12-10-5-9(1-3-13-10)11(15)14-6-8-2-4-16-7-8/h1,3,5,8H,2,4,6-7H2,(H,14,15). The van der Waals surface area contributed by atoms with Gasteiger partial charge in [-0.15, -0.1) is 0 Å². The van der Waals surface area contributed by atoms with Gasteiger partial charge in [0.25, 0.3) is 5.91 Å². The molecule has 3 nitrogen and oxygen atoms in total. The van der Waals surface area contributed by atoms with Crippen LogP contribution in [0.5, 0.6) is 0 Å². The van der Waals surface area contributed by atoms with Gasteiger partial charge in [-0.05, 0) is 51.9 Å². The van der Waals surface area contributed by atoms with E-state index < -0.39 is 0 Å². The van der Waals surface area contributed by atoms with Crippen LogP contribution in [0.15, 0.2) is 22.9 Å². The maximum atomic E-state index is 11.8. The molecule has 1 aromatic rings. The van der Waals surface area contributed by atoms with E-state index in [1.165, 1.54) is 17.9 Å². The average Bonchev–Trinajstić information content (AvgIpc) is 2.78. The SMILES string of the molecule is O=C(NCC1CCSC1)c1ccnc(Br)c1. The molecule has 1 N–H and O–H groups in total. The highest BCUT2D eigenvalue weighted by Gasteiger charge is 2.16. The summed E-state index contributed by atoms with van der Waals surface area (Å²) in [5, 5.41) is 2.97. The lowest BCUT2D eigenvalue weighted by molar-refractivity contribution is 0.0948. The Labute approximate surface area is 108 Å². The third kappa shape index (κ3) is 3.22. The fraction of sp³-hybridized carbons (Fsp3) is 0.455. The van der Waals surface area contributed by atoms with Crippen LogP contribution in [0.4, 0.5) is 0 Å². The largest absolute Gasteiger partial charge is 0.352 e. The number of thioether (sulfide) groups is 1. The number of aromatic nitrogens is 1. The molecule has 5 heteroatoms. The molecule has 1 aromatic heterocycles. The Bertz CT molecular complexity index is 380. The van der Waals surface area contributed by atoms with Crippen LogP contribution in [0.3, 0.4) is 0 Å². The van der Waals surface area contributed by atoms with Gasteiger partial charge in [0.2, 0.25) is 0 Å². The lowest BCUT2D eigenvalue weighted by atomic mass is 10.1. The Morgan fingerprint density at radius 2 is 2.56 bits per heavy atom. The summed E-state index contributed by atoms with van der Waals surface area (Å²) >= 11 is 5.22. The Hall–Kier alpha value is -0.550. The molecule has 1 fully saturated rings. The fourth-order valence-electron chi connectivity index (χ4n) is 1.63. The minimum Gasteiger partial charge on any atom is -0.352 e. The Balaban J connectivity index is 1.87. The van der Waals surface area contributed by atoms with E-state index in [1.54, 1.807) is 18.3 Å². The molecule has 0 aliphatic carbocycles. The molecule has 86 valence electrons. The highest BCUT2D eigenvalue weighted by atomic mass is 79.9. The molecular formula is C11H13BrN2OS. The Morgan fingerprint density at radius 3 is 3.25 bits per heavy atom. The van der Waals surface area contributed by atoms with Crippen LogP contribution >= 0.6 is 27.7 Å². The second kappa shape index (κ2) is 5.68. The summed E-state index contributed by atoms with van der Waals surface area (Å²) in [5.41, 5.74) is 0.660. The number of amides is 1. The van der Waals surface area contributed by atoms with Crippen LogP contribution in [0.25, 0.3) is 0 Å². The van der Waals surface area contributed by atoms with Gasteiger partial charge in [0, 0.05) is 18.3 Å². The molecule has 1 atom stereocenters. The lowest BCUT2D eigenvalue weighted by Gasteiger charge is -2.09. The number of rotatable bonds is 3. The second-order valence-corrected chi connectivity index (χ2v) is 5.77. The van der Waals surface area contributed by atoms with Crippen molar-refractivity contribution < 1.29 is 4.79 Å². The van der Waals surface area contributed by atoms with Crippen LogP contribution in [0.1, 0.15) is 16.8 Å². The monoisotopic (exact) mass is 300 g/mol. The molecule has 0 radical (unpaired) electrons. The first-order valence-electron chi connectivity index (χ1n) is 5.23. The maximum absolute atomic E-state index is 11.8. The minimum atomic E-state index is -0.0139. The summed E-state index contributed by atoms with van der Waals surface area (Å²) in [4.78, 5) is 15.8. The minimum absolute atomic E-state index is 0.0139. The zero-order chi connectivity index (χ0) is 11.4. The van der Waals surface area contributed by atoms with Crippen LogP contribution in [-0.2, 0) is 0 Å². The van der Waals surface area contributed by atoms with Gasteiger partial charge in [0.15, 0.2) is 0 Å². The van der Waals surface area contributed by atoms with Crippen LogP contribution in [0.2, 0.25) is 0 Å². The number of hydrogen-bond acceptors (Lipinski definition) is 3. The highest BCUT2D eigenvalue weighted by molar-refractivity contribution is 9.10. The van der Waals surface area contributed by atoms with Gasteiger partial charge in [0.1, 0.15) is 4.60 Å². The predicted octanol–water partition coefficient (Wildman–Crippen LogP) is 2.33. The Kier molecular flexibility index (Phi) is 4.23. The van der Waals surface area contributed by atoms with Crippen molar-refractivity contribution in [3.63, 3.8) is 0 Å². The first-order valence-corrected chi connectivity index (χ1v) is 7.18. The zero-order valence-electron chi connectivity index (χ0n) is 8.78. The van der Waals surface area contributed by atoms with Crippen LogP contribution in [-0.4, -0.2) is 28.9 Å². The summed E-state index contributed by atoms with van der Waals surface area (Å²) in [7, 11) is 0. The average molecular weight is 301 g/mol. The molecule has 16 heavy (non-hydrogen) atoms. The zero-order valence-corrected chi connectivity index (χ0v) is 11.2. The predicted molar refractivity (Wildman–Crippen MR) is 69.7 cm³/mol. The first-order chi connectivity index (χ1) is 7.75. The lowest BCUT2D eigenvalue weighted by Crippen LogP contribution is -2.29. The van der Waals surface area contributed by atoms with Crippen LogP contribution in [0, 0.1) is 5.92 Å². The van der Waals surface area contributed by atoms with Crippen molar-refractivity contribution in [3.8, 4) is 0 Å².